The van der Waals surface area contributed by atoms with E-state index in [2.05, 4.69) is 15.3 Å². The first-order chi connectivity index (χ1) is 13.0. The van der Waals surface area contributed by atoms with E-state index in [9.17, 15) is 10.1 Å². The number of non-ortho nitro benzene ring substituents is 1. The summed E-state index contributed by atoms with van der Waals surface area (Å²) in [5.41, 5.74) is 1.42. The van der Waals surface area contributed by atoms with Crippen LogP contribution < -0.4 is 9.47 Å². The van der Waals surface area contributed by atoms with Crippen molar-refractivity contribution in [2.45, 2.75) is 0 Å². The summed E-state index contributed by atoms with van der Waals surface area (Å²) < 4.78 is 12.3. The molecule has 0 aliphatic heterocycles. The van der Waals surface area contributed by atoms with Crippen molar-refractivity contribution in [2.24, 2.45) is 5.10 Å². The second-order valence-electron chi connectivity index (χ2n) is 5.33. The van der Waals surface area contributed by atoms with Gasteiger partial charge in [-0.15, -0.1) is 0 Å². The summed E-state index contributed by atoms with van der Waals surface area (Å²) in [5, 5.41) is 22.0. The molecule has 0 fully saturated rings. The van der Waals surface area contributed by atoms with Gasteiger partial charge in [0, 0.05) is 17.7 Å². The van der Waals surface area contributed by atoms with Crippen molar-refractivity contribution >= 4 is 24.1 Å². The minimum absolute atomic E-state index is 0.0121. The van der Waals surface area contributed by atoms with Crippen LogP contribution in [0.15, 0.2) is 47.6 Å². The van der Waals surface area contributed by atoms with Crippen molar-refractivity contribution in [1.29, 1.82) is 0 Å². The number of aromatic amines is 1. The molecule has 0 bridgehead atoms. The largest absolute Gasteiger partial charge is 0.493 e. The Hall–Kier alpha value is -3.53. The monoisotopic (exact) mass is 385 g/mol. The summed E-state index contributed by atoms with van der Waals surface area (Å²) in [6.45, 7) is 0. The molecule has 10 heteroatoms. The summed E-state index contributed by atoms with van der Waals surface area (Å²) in [4.78, 5) is 10.3. The molecule has 0 aliphatic rings. The summed E-state index contributed by atoms with van der Waals surface area (Å²) in [6.07, 6.45) is 1.54. The Morgan fingerprint density at radius 2 is 1.89 bits per heavy atom. The van der Waals surface area contributed by atoms with Crippen LogP contribution in [0.1, 0.15) is 5.56 Å². The molecule has 1 N–H and O–H groups in total. The van der Waals surface area contributed by atoms with Gasteiger partial charge in [-0.25, -0.2) is 5.10 Å². The van der Waals surface area contributed by atoms with Crippen molar-refractivity contribution in [3.63, 3.8) is 0 Å². The van der Waals surface area contributed by atoms with Gasteiger partial charge in [0.25, 0.3) is 5.69 Å². The highest BCUT2D eigenvalue weighted by molar-refractivity contribution is 7.71. The van der Waals surface area contributed by atoms with E-state index in [1.165, 1.54) is 16.8 Å². The smallest absolute Gasteiger partial charge is 0.269 e. The Balaban J connectivity index is 1.95. The van der Waals surface area contributed by atoms with Gasteiger partial charge in [0.15, 0.2) is 17.3 Å². The minimum atomic E-state index is -0.456. The van der Waals surface area contributed by atoms with Gasteiger partial charge in [-0.3, -0.25) is 10.1 Å². The van der Waals surface area contributed by atoms with Crippen LogP contribution in [-0.4, -0.2) is 40.2 Å². The highest BCUT2D eigenvalue weighted by Gasteiger charge is 2.12. The molecule has 27 heavy (non-hydrogen) atoms. The predicted octanol–water partition coefficient (Wildman–Crippen LogP) is 3.42. The standard InChI is InChI=1S/C17H15N5O4S/c1-25-14-8-5-12(9-15(14)26-2)16-19-20-17(27)21(16)18-10-11-3-6-13(7-4-11)22(23)24/h3-10H,1-2H3,(H,20,27)/b18-10+. The lowest BCUT2D eigenvalue weighted by atomic mass is 10.2. The number of nitro benzene ring substituents is 1. The molecule has 9 nitrogen and oxygen atoms in total. The third kappa shape index (κ3) is 3.85. The van der Waals surface area contributed by atoms with E-state index in [1.54, 1.807) is 44.7 Å². The number of aromatic nitrogens is 3. The van der Waals surface area contributed by atoms with E-state index in [0.29, 0.717) is 27.7 Å². The van der Waals surface area contributed by atoms with Crippen molar-refractivity contribution < 1.29 is 14.4 Å². The molecule has 0 amide bonds. The Morgan fingerprint density at radius 1 is 1.19 bits per heavy atom. The fourth-order valence-electron chi connectivity index (χ4n) is 2.37. The van der Waals surface area contributed by atoms with Crippen LogP contribution in [0.25, 0.3) is 11.4 Å². The molecule has 0 atom stereocenters. The highest BCUT2D eigenvalue weighted by Crippen LogP contribution is 2.31. The zero-order valence-corrected chi connectivity index (χ0v) is 15.3. The van der Waals surface area contributed by atoms with E-state index in [1.807, 2.05) is 6.07 Å². The fourth-order valence-corrected chi connectivity index (χ4v) is 2.55. The molecular weight excluding hydrogens is 370 g/mol. The van der Waals surface area contributed by atoms with E-state index in [4.69, 9.17) is 21.7 Å². The maximum absolute atomic E-state index is 10.7. The summed E-state index contributed by atoms with van der Waals surface area (Å²) >= 11 is 5.24. The van der Waals surface area contributed by atoms with Gasteiger partial charge < -0.3 is 9.47 Å². The Kier molecular flexibility index (Phi) is 5.27. The van der Waals surface area contributed by atoms with Gasteiger partial charge in [0.2, 0.25) is 4.77 Å². The molecule has 2 aromatic carbocycles. The maximum Gasteiger partial charge on any atom is 0.269 e. The molecular formula is C17H15N5O4S. The van der Waals surface area contributed by atoms with Gasteiger partial charge in [0.05, 0.1) is 25.4 Å². The Bertz CT molecular complexity index is 1060. The number of benzene rings is 2. The zero-order chi connectivity index (χ0) is 19.4. The van der Waals surface area contributed by atoms with Crippen LogP contribution in [0.4, 0.5) is 5.69 Å². The van der Waals surface area contributed by atoms with Gasteiger partial charge in [-0.1, -0.05) is 0 Å². The number of nitrogens with one attached hydrogen (secondary N) is 1. The molecule has 0 unspecified atom stereocenters. The Morgan fingerprint density at radius 3 is 2.52 bits per heavy atom. The van der Waals surface area contributed by atoms with Crippen LogP contribution in [0, 0.1) is 14.9 Å². The maximum atomic E-state index is 10.7. The van der Waals surface area contributed by atoms with Crippen LogP contribution in [0.3, 0.4) is 0 Å². The lowest BCUT2D eigenvalue weighted by Crippen LogP contribution is -1.97. The third-order valence-electron chi connectivity index (χ3n) is 3.72. The van der Waals surface area contributed by atoms with Gasteiger partial charge in [0.1, 0.15) is 0 Å². The number of hydrogen-bond donors (Lipinski definition) is 1. The zero-order valence-electron chi connectivity index (χ0n) is 14.4. The lowest BCUT2D eigenvalue weighted by Gasteiger charge is -2.09. The first-order valence-electron chi connectivity index (χ1n) is 7.72. The second kappa shape index (κ2) is 7.79. The van der Waals surface area contributed by atoms with Gasteiger partial charge >= 0.3 is 0 Å². The van der Waals surface area contributed by atoms with E-state index in [-0.39, 0.29) is 5.69 Å². The number of rotatable bonds is 6. The summed E-state index contributed by atoms with van der Waals surface area (Å²) in [6, 6.07) is 11.3. The van der Waals surface area contributed by atoms with E-state index in [0.717, 1.165) is 5.56 Å². The summed E-state index contributed by atoms with van der Waals surface area (Å²) in [5.74, 6) is 1.63. The molecule has 0 radical (unpaired) electrons. The van der Waals surface area contributed by atoms with Crippen molar-refractivity contribution in [3.05, 3.63) is 62.9 Å². The van der Waals surface area contributed by atoms with Crippen LogP contribution in [-0.2, 0) is 0 Å². The highest BCUT2D eigenvalue weighted by atomic mass is 32.1. The SMILES string of the molecule is COc1ccc(-c2n[nH]c(=S)n2/N=C/c2ccc([N+](=O)[O-])cc2)cc1OC. The molecule has 0 spiro atoms. The van der Waals surface area contributed by atoms with E-state index >= 15 is 0 Å². The number of H-pyrrole nitrogens is 1. The molecule has 138 valence electrons. The number of methoxy groups -OCH3 is 2. The van der Waals surface area contributed by atoms with Crippen molar-refractivity contribution in [2.75, 3.05) is 14.2 Å². The Labute approximate surface area is 159 Å². The fraction of sp³-hybridized carbons (Fsp3) is 0.118. The van der Waals surface area contributed by atoms with Gasteiger partial charge in [-0.2, -0.15) is 14.9 Å². The normalized spacial score (nSPS) is 10.9. The first kappa shape index (κ1) is 18.3. The summed E-state index contributed by atoms with van der Waals surface area (Å²) in [7, 11) is 3.10. The molecule has 1 aromatic heterocycles. The molecule has 3 aromatic rings. The number of nitrogens with zero attached hydrogens (tertiary/aromatic N) is 4. The minimum Gasteiger partial charge on any atom is -0.493 e. The first-order valence-corrected chi connectivity index (χ1v) is 8.13. The molecule has 0 saturated heterocycles. The van der Waals surface area contributed by atoms with Gasteiger partial charge in [-0.05, 0) is 48.1 Å². The van der Waals surface area contributed by atoms with Crippen molar-refractivity contribution in [1.82, 2.24) is 14.9 Å². The molecule has 3 rings (SSSR count). The topological polar surface area (TPSA) is 108 Å². The van der Waals surface area contributed by atoms with Crippen LogP contribution >= 0.6 is 12.2 Å². The van der Waals surface area contributed by atoms with Crippen LogP contribution in [0.2, 0.25) is 0 Å². The number of hydrogen-bond acceptors (Lipinski definition) is 7. The molecule has 0 aliphatic carbocycles. The average molecular weight is 385 g/mol. The third-order valence-corrected chi connectivity index (χ3v) is 3.98. The molecule has 0 saturated carbocycles. The molecule has 1 heterocycles. The van der Waals surface area contributed by atoms with Crippen molar-refractivity contribution in [3.8, 4) is 22.9 Å². The van der Waals surface area contributed by atoms with Crippen LogP contribution in [0.5, 0.6) is 11.5 Å². The lowest BCUT2D eigenvalue weighted by molar-refractivity contribution is -0.384. The quantitative estimate of drug-likeness (QED) is 0.301. The average Bonchev–Trinajstić information content (AvgIpc) is 3.06. The van der Waals surface area contributed by atoms with E-state index < -0.39 is 4.92 Å². The number of ether oxygens (including phenoxy) is 2. The number of nitro groups is 1. The second-order valence-corrected chi connectivity index (χ2v) is 5.71. The predicted molar refractivity (Wildman–Crippen MR) is 102 cm³/mol.